The first-order chi connectivity index (χ1) is 14.7. The average molecular weight is 430 g/mol. The first-order valence-corrected chi connectivity index (χ1v) is 11.9. The molecule has 1 aliphatic rings. The van der Waals surface area contributed by atoms with Gasteiger partial charge in [0.05, 0.1) is 11.6 Å². The van der Waals surface area contributed by atoms with E-state index in [2.05, 4.69) is 58.6 Å². The van der Waals surface area contributed by atoms with Crippen molar-refractivity contribution in [1.82, 2.24) is 15.6 Å². The van der Waals surface area contributed by atoms with Gasteiger partial charge in [-0.2, -0.15) is 0 Å². The minimum absolute atomic E-state index is 0.316. The molecule has 0 radical (unpaired) electrons. The molecule has 7 heteroatoms. The number of nitrogens with zero attached hydrogens (tertiary/aromatic N) is 3. The van der Waals surface area contributed by atoms with Crippen molar-refractivity contribution in [3.8, 4) is 0 Å². The second-order valence-electron chi connectivity index (χ2n) is 7.73. The SMILES string of the molecule is CCNC(=NCc1ccc(N2CCC(CO)CC2)cc1)NCCc1ncc(CC)s1. The molecule has 30 heavy (non-hydrogen) atoms. The Morgan fingerprint density at radius 2 is 1.97 bits per heavy atom. The number of benzene rings is 1. The Bertz CT molecular complexity index is 781. The van der Waals surface area contributed by atoms with Crippen LogP contribution in [-0.4, -0.2) is 48.8 Å². The summed E-state index contributed by atoms with van der Waals surface area (Å²) in [5, 5.41) is 17.2. The molecule has 6 nitrogen and oxygen atoms in total. The first-order valence-electron chi connectivity index (χ1n) is 11.1. The van der Waals surface area contributed by atoms with Gasteiger partial charge in [-0.3, -0.25) is 0 Å². The van der Waals surface area contributed by atoms with Crippen LogP contribution in [0.4, 0.5) is 5.69 Å². The molecule has 0 saturated carbocycles. The summed E-state index contributed by atoms with van der Waals surface area (Å²) in [6.45, 7) is 8.93. The van der Waals surface area contributed by atoms with Crippen molar-refractivity contribution >= 4 is 23.0 Å². The van der Waals surface area contributed by atoms with Gasteiger partial charge < -0.3 is 20.6 Å². The lowest BCUT2D eigenvalue weighted by molar-refractivity contribution is 0.203. The van der Waals surface area contributed by atoms with Crippen LogP contribution < -0.4 is 15.5 Å². The molecule has 1 fully saturated rings. The topological polar surface area (TPSA) is 72.8 Å². The van der Waals surface area contributed by atoms with Crippen LogP contribution in [0.1, 0.15) is 42.1 Å². The number of hydrogen-bond donors (Lipinski definition) is 3. The van der Waals surface area contributed by atoms with Crippen LogP contribution in [0.5, 0.6) is 0 Å². The van der Waals surface area contributed by atoms with Crippen LogP contribution >= 0.6 is 11.3 Å². The summed E-state index contributed by atoms with van der Waals surface area (Å²) in [6, 6.07) is 8.72. The fraction of sp³-hybridized carbons (Fsp3) is 0.565. The monoisotopic (exact) mass is 429 g/mol. The van der Waals surface area contributed by atoms with E-state index < -0.39 is 0 Å². The summed E-state index contributed by atoms with van der Waals surface area (Å²) in [7, 11) is 0. The first kappa shape index (κ1) is 22.6. The van der Waals surface area contributed by atoms with Gasteiger partial charge in [-0.15, -0.1) is 11.3 Å². The summed E-state index contributed by atoms with van der Waals surface area (Å²) < 4.78 is 0. The van der Waals surface area contributed by atoms with Crippen molar-refractivity contribution < 1.29 is 5.11 Å². The van der Waals surface area contributed by atoms with Crippen molar-refractivity contribution in [3.05, 3.63) is 45.9 Å². The van der Waals surface area contributed by atoms with Crippen molar-refractivity contribution in [1.29, 1.82) is 0 Å². The lowest BCUT2D eigenvalue weighted by Gasteiger charge is -2.32. The predicted molar refractivity (Wildman–Crippen MR) is 126 cm³/mol. The zero-order valence-corrected chi connectivity index (χ0v) is 19.0. The van der Waals surface area contributed by atoms with E-state index in [-0.39, 0.29) is 0 Å². The minimum Gasteiger partial charge on any atom is -0.396 e. The largest absolute Gasteiger partial charge is 0.396 e. The van der Waals surface area contributed by atoms with Gasteiger partial charge in [0.25, 0.3) is 0 Å². The third-order valence-corrected chi connectivity index (χ3v) is 6.72. The number of nitrogens with one attached hydrogen (secondary N) is 2. The van der Waals surface area contributed by atoms with Crippen LogP contribution in [0.15, 0.2) is 35.5 Å². The molecule has 1 saturated heterocycles. The molecule has 1 aromatic carbocycles. The maximum absolute atomic E-state index is 9.31. The number of thiazole rings is 1. The second kappa shape index (κ2) is 11.9. The lowest BCUT2D eigenvalue weighted by atomic mass is 9.97. The maximum Gasteiger partial charge on any atom is 0.191 e. The molecule has 0 atom stereocenters. The molecule has 0 amide bonds. The molecular weight excluding hydrogens is 394 g/mol. The van der Waals surface area contributed by atoms with Crippen LogP contribution in [0.25, 0.3) is 0 Å². The molecular formula is C23H35N5OS. The Hall–Kier alpha value is -2.12. The Morgan fingerprint density at radius 1 is 1.20 bits per heavy atom. The minimum atomic E-state index is 0.316. The number of aliphatic hydroxyl groups is 1. The van der Waals surface area contributed by atoms with Gasteiger partial charge in [0.15, 0.2) is 5.96 Å². The summed E-state index contributed by atoms with van der Waals surface area (Å²) in [4.78, 5) is 13.0. The predicted octanol–water partition coefficient (Wildman–Crippen LogP) is 3.21. The van der Waals surface area contributed by atoms with Crippen LogP contribution in [0.2, 0.25) is 0 Å². The van der Waals surface area contributed by atoms with Gasteiger partial charge in [-0.05, 0) is 49.8 Å². The highest BCUT2D eigenvalue weighted by Crippen LogP contribution is 2.23. The van der Waals surface area contributed by atoms with Gasteiger partial charge in [0.1, 0.15) is 0 Å². The smallest absolute Gasteiger partial charge is 0.191 e. The highest BCUT2D eigenvalue weighted by molar-refractivity contribution is 7.11. The Balaban J connectivity index is 1.48. The van der Waals surface area contributed by atoms with Gasteiger partial charge >= 0.3 is 0 Å². The molecule has 1 aliphatic heterocycles. The molecule has 164 valence electrons. The highest BCUT2D eigenvalue weighted by Gasteiger charge is 2.18. The van der Waals surface area contributed by atoms with E-state index in [4.69, 9.17) is 4.99 Å². The molecule has 2 aromatic rings. The second-order valence-corrected chi connectivity index (χ2v) is 8.93. The molecule has 0 spiro atoms. The van der Waals surface area contributed by atoms with Crippen LogP contribution in [0, 0.1) is 5.92 Å². The summed E-state index contributed by atoms with van der Waals surface area (Å²) in [5.41, 5.74) is 2.47. The number of rotatable bonds is 9. The Kier molecular flexibility index (Phi) is 8.96. The molecule has 0 aliphatic carbocycles. The summed E-state index contributed by atoms with van der Waals surface area (Å²) in [6.07, 6.45) is 6.09. The fourth-order valence-corrected chi connectivity index (χ4v) is 4.47. The zero-order chi connectivity index (χ0) is 21.2. The van der Waals surface area contributed by atoms with Crippen molar-refractivity contribution in [3.63, 3.8) is 0 Å². The number of piperidine rings is 1. The van der Waals surface area contributed by atoms with E-state index in [9.17, 15) is 5.11 Å². The molecule has 3 N–H and O–H groups in total. The van der Waals surface area contributed by atoms with Gasteiger partial charge in [-0.1, -0.05) is 19.1 Å². The number of aromatic nitrogens is 1. The summed E-state index contributed by atoms with van der Waals surface area (Å²) in [5.74, 6) is 1.32. The number of aliphatic imine (C=N–C) groups is 1. The van der Waals surface area contributed by atoms with Gasteiger partial charge in [0, 0.05) is 56.0 Å². The Labute approximate surface area is 184 Å². The van der Waals surface area contributed by atoms with Crippen LogP contribution in [0.3, 0.4) is 0 Å². The lowest BCUT2D eigenvalue weighted by Crippen LogP contribution is -2.38. The quantitative estimate of drug-likeness (QED) is 0.422. The van der Waals surface area contributed by atoms with Crippen molar-refractivity contribution in [2.24, 2.45) is 10.9 Å². The number of guanidine groups is 1. The van der Waals surface area contributed by atoms with E-state index in [1.54, 1.807) is 11.3 Å². The molecule has 0 bridgehead atoms. The van der Waals surface area contributed by atoms with Crippen molar-refractivity contribution in [2.45, 2.75) is 46.1 Å². The fourth-order valence-electron chi connectivity index (χ4n) is 3.61. The molecule has 0 unspecified atom stereocenters. The average Bonchev–Trinajstić information content (AvgIpc) is 3.26. The highest BCUT2D eigenvalue weighted by atomic mass is 32.1. The Morgan fingerprint density at radius 3 is 2.60 bits per heavy atom. The molecule has 1 aromatic heterocycles. The number of hydrogen-bond acceptors (Lipinski definition) is 5. The van der Waals surface area contributed by atoms with Gasteiger partial charge in [0.2, 0.25) is 0 Å². The molecule has 3 rings (SSSR count). The summed E-state index contributed by atoms with van der Waals surface area (Å²) >= 11 is 1.79. The normalized spacial score (nSPS) is 15.4. The van der Waals surface area contributed by atoms with E-state index in [0.29, 0.717) is 19.1 Å². The van der Waals surface area contributed by atoms with E-state index in [1.807, 2.05) is 6.20 Å². The molecule has 2 heterocycles. The third-order valence-electron chi connectivity index (χ3n) is 5.52. The van der Waals surface area contributed by atoms with E-state index in [0.717, 1.165) is 57.8 Å². The number of aryl methyl sites for hydroxylation is 1. The maximum atomic E-state index is 9.31. The van der Waals surface area contributed by atoms with Crippen LogP contribution in [-0.2, 0) is 19.4 Å². The van der Waals surface area contributed by atoms with E-state index in [1.165, 1.54) is 21.1 Å². The van der Waals surface area contributed by atoms with Crippen molar-refractivity contribution in [2.75, 3.05) is 37.7 Å². The number of aliphatic hydroxyl groups excluding tert-OH is 1. The standard InChI is InChI=1S/C23H35N5OS/c1-3-21-16-26-22(30-21)9-12-25-23(24-4-2)27-15-18-5-7-20(8-6-18)28-13-10-19(17-29)11-14-28/h5-8,16,19,29H,3-4,9-15,17H2,1-2H3,(H2,24,25,27). The zero-order valence-electron chi connectivity index (χ0n) is 18.2. The van der Waals surface area contributed by atoms with E-state index >= 15 is 0 Å². The number of anilines is 1. The van der Waals surface area contributed by atoms with Gasteiger partial charge in [-0.25, -0.2) is 9.98 Å². The third kappa shape index (κ3) is 6.71.